The van der Waals surface area contributed by atoms with Crippen LogP contribution in [-0.2, 0) is 11.3 Å². The minimum Gasteiger partial charge on any atom is -0.352 e. The van der Waals surface area contributed by atoms with Crippen molar-refractivity contribution in [3.63, 3.8) is 0 Å². The highest BCUT2D eigenvalue weighted by Gasteiger charge is 2.22. The van der Waals surface area contributed by atoms with Crippen molar-refractivity contribution in [2.75, 3.05) is 49.6 Å². The Kier molecular flexibility index (Phi) is 6.99. The lowest BCUT2D eigenvalue weighted by atomic mass is 10.1. The van der Waals surface area contributed by atoms with Crippen molar-refractivity contribution in [1.82, 2.24) is 19.9 Å². The standard InChI is InChI=1S/C25H28N8O/c1-18-6-7-21(13-26)24(30-18)32-8-10-33(11-9-32)25-28-15-22(16-29-25)20-5-3-4-19(12-20)17-31(2)23(34)14-27/h3-7,12,15-16H,8-11,14,17,27H2,1-2H3. The van der Waals surface area contributed by atoms with E-state index >= 15 is 0 Å². The molecule has 0 saturated carbocycles. The van der Waals surface area contributed by atoms with Gasteiger partial charge in [-0.2, -0.15) is 5.26 Å². The number of aryl methyl sites for hydroxylation is 1. The normalized spacial score (nSPS) is 13.5. The number of carbonyl (C=O) groups is 1. The number of amides is 1. The number of pyridine rings is 1. The Labute approximate surface area is 199 Å². The van der Waals surface area contributed by atoms with Crippen LogP contribution in [0.1, 0.15) is 16.8 Å². The molecule has 4 rings (SSSR count). The van der Waals surface area contributed by atoms with Gasteiger partial charge in [0.2, 0.25) is 11.9 Å². The van der Waals surface area contributed by atoms with E-state index in [0.717, 1.165) is 54.4 Å². The highest BCUT2D eigenvalue weighted by molar-refractivity contribution is 5.77. The van der Waals surface area contributed by atoms with Gasteiger partial charge in [-0.25, -0.2) is 15.0 Å². The average Bonchev–Trinajstić information content (AvgIpc) is 2.88. The molecule has 0 unspecified atom stereocenters. The molecule has 9 nitrogen and oxygen atoms in total. The zero-order valence-electron chi connectivity index (χ0n) is 19.5. The van der Waals surface area contributed by atoms with Crippen molar-refractivity contribution in [2.45, 2.75) is 13.5 Å². The molecule has 0 spiro atoms. The smallest absolute Gasteiger partial charge is 0.236 e. The Hall–Kier alpha value is -4.03. The average molecular weight is 457 g/mol. The lowest BCUT2D eigenvalue weighted by Crippen LogP contribution is -2.47. The lowest BCUT2D eigenvalue weighted by molar-refractivity contribution is -0.128. The third-order valence-corrected chi connectivity index (χ3v) is 5.92. The molecule has 1 aliphatic heterocycles. The molecule has 0 atom stereocenters. The van der Waals surface area contributed by atoms with E-state index in [9.17, 15) is 10.1 Å². The fourth-order valence-electron chi connectivity index (χ4n) is 3.99. The van der Waals surface area contributed by atoms with E-state index < -0.39 is 0 Å². The van der Waals surface area contributed by atoms with Crippen molar-refractivity contribution in [3.8, 4) is 17.2 Å². The third-order valence-electron chi connectivity index (χ3n) is 5.92. The van der Waals surface area contributed by atoms with Crippen LogP contribution in [0.3, 0.4) is 0 Å². The summed E-state index contributed by atoms with van der Waals surface area (Å²) in [6, 6.07) is 13.9. The quantitative estimate of drug-likeness (QED) is 0.599. The fraction of sp³-hybridized carbons (Fsp3) is 0.320. The summed E-state index contributed by atoms with van der Waals surface area (Å²) in [4.78, 5) is 31.5. The summed E-state index contributed by atoms with van der Waals surface area (Å²) in [5.74, 6) is 1.34. The molecule has 174 valence electrons. The van der Waals surface area contributed by atoms with E-state index in [2.05, 4.69) is 30.8 Å². The predicted octanol–water partition coefficient (Wildman–Crippen LogP) is 1.96. The molecule has 1 amide bonds. The van der Waals surface area contributed by atoms with Gasteiger partial charge in [-0.15, -0.1) is 0 Å². The molecule has 34 heavy (non-hydrogen) atoms. The molecule has 2 aromatic heterocycles. The van der Waals surface area contributed by atoms with Crippen molar-refractivity contribution in [2.24, 2.45) is 5.73 Å². The van der Waals surface area contributed by atoms with Crippen LogP contribution >= 0.6 is 0 Å². The number of nitrogens with two attached hydrogens (primary N) is 1. The molecular weight excluding hydrogens is 428 g/mol. The van der Waals surface area contributed by atoms with Crippen LogP contribution in [0, 0.1) is 18.3 Å². The first-order valence-electron chi connectivity index (χ1n) is 11.2. The fourth-order valence-corrected chi connectivity index (χ4v) is 3.99. The van der Waals surface area contributed by atoms with E-state index in [-0.39, 0.29) is 12.5 Å². The first kappa shape index (κ1) is 23.1. The van der Waals surface area contributed by atoms with Gasteiger partial charge >= 0.3 is 0 Å². The maximum atomic E-state index is 11.8. The highest BCUT2D eigenvalue weighted by Crippen LogP contribution is 2.23. The first-order chi connectivity index (χ1) is 16.5. The first-order valence-corrected chi connectivity index (χ1v) is 11.2. The molecule has 0 radical (unpaired) electrons. The molecule has 1 saturated heterocycles. The number of nitrogens with zero attached hydrogens (tertiary/aromatic N) is 7. The van der Waals surface area contributed by atoms with Crippen molar-refractivity contribution in [1.29, 1.82) is 5.26 Å². The van der Waals surface area contributed by atoms with Crippen molar-refractivity contribution >= 4 is 17.7 Å². The largest absolute Gasteiger partial charge is 0.352 e. The van der Waals surface area contributed by atoms with Crippen LogP contribution < -0.4 is 15.5 Å². The lowest BCUT2D eigenvalue weighted by Gasteiger charge is -2.35. The SMILES string of the molecule is Cc1ccc(C#N)c(N2CCN(c3ncc(-c4cccc(CN(C)C(=O)CN)c4)cn3)CC2)n1. The molecule has 9 heteroatoms. The van der Waals surface area contributed by atoms with Crippen molar-refractivity contribution in [3.05, 3.63) is 65.6 Å². The summed E-state index contributed by atoms with van der Waals surface area (Å²) in [5.41, 5.74) is 9.88. The number of carbonyl (C=O) groups excluding carboxylic acids is 1. The Balaban J connectivity index is 1.41. The monoisotopic (exact) mass is 456 g/mol. The molecule has 1 aliphatic rings. The number of anilines is 2. The summed E-state index contributed by atoms with van der Waals surface area (Å²) < 4.78 is 0. The van der Waals surface area contributed by atoms with Crippen LogP contribution in [0.15, 0.2) is 48.8 Å². The number of rotatable bonds is 6. The number of hydrogen-bond acceptors (Lipinski definition) is 8. The van der Waals surface area contributed by atoms with E-state index in [1.165, 1.54) is 0 Å². The van der Waals surface area contributed by atoms with Crippen LogP contribution in [0.4, 0.5) is 11.8 Å². The van der Waals surface area contributed by atoms with Crippen molar-refractivity contribution < 1.29 is 4.79 Å². The van der Waals surface area contributed by atoms with Gasteiger partial charge in [0.25, 0.3) is 0 Å². The summed E-state index contributed by atoms with van der Waals surface area (Å²) in [6.45, 7) is 5.41. The summed E-state index contributed by atoms with van der Waals surface area (Å²) >= 11 is 0. The van der Waals surface area contributed by atoms with Crippen LogP contribution in [-0.4, -0.2) is 65.5 Å². The van der Waals surface area contributed by atoms with Gasteiger partial charge in [-0.1, -0.05) is 18.2 Å². The maximum absolute atomic E-state index is 11.8. The Morgan fingerprint density at radius 1 is 1.09 bits per heavy atom. The van der Waals surface area contributed by atoms with Gasteiger partial charge in [-0.05, 0) is 36.2 Å². The van der Waals surface area contributed by atoms with E-state index in [4.69, 9.17) is 5.73 Å². The second kappa shape index (κ2) is 10.3. The van der Waals surface area contributed by atoms with Gasteiger partial charge < -0.3 is 20.4 Å². The molecule has 0 aliphatic carbocycles. The van der Waals surface area contributed by atoms with Crippen LogP contribution in [0.5, 0.6) is 0 Å². The summed E-state index contributed by atoms with van der Waals surface area (Å²) in [5, 5.41) is 9.42. The zero-order chi connectivity index (χ0) is 24.1. The molecule has 0 bridgehead atoms. The van der Waals surface area contributed by atoms with Gasteiger partial charge in [0.15, 0.2) is 0 Å². The van der Waals surface area contributed by atoms with Gasteiger partial charge in [-0.3, -0.25) is 4.79 Å². The minimum atomic E-state index is -0.0970. The Morgan fingerprint density at radius 2 is 1.79 bits per heavy atom. The molecule has 1 aromatic carbocycles. The molecule has 3 aromatic rings. The second-order valence-corrected chi connectivity index (χ2v) is 8.34. The van der Waals surface area contributed by atoms with E-state index in [1.54, 1.807) is 11.9 Å². The second-order valence-electron chi connectivity index (χ2n) is 8.34. The Morgan fingerprint density at radius 3 is 2.47 bits per heavy atom. The third kappa shape index (κ3) is 5.13. The highest BCUT2D eigenvalue weighted by atomic mass is 16.2. The minimum absolute atomic E-state index is 0.000735. The topological polar surface area (TPSA) is 115 Å². The number of benzene rings is 1. The summed E-state index contributed by atoms with van der Waals surface area (Å²) in [6.07, 6.45) is 3.66. The number of aromatic nitrogens is 3. The maximum Gasteiger partial charge on any atom is 0.236 e. The van der Waals surface area contributed by atoms with Crippen LogP contribution in [0.25, 0.3) is 11.1 Å². The van der Waals surface area contributed by atoms with Crippen LogP contribution in [0.2, 0.25) is 0 Å². The van der Waals surface area contributed by atoms with Gasteiger partial charge in [0, 0.05) is 63.4 Å². The predicted molar refractivity (Wildman–Crippen MR) is 131 cm³/mol. The number of piperazine rings is 1. The molecular formula is C25H28N8O. The summed E-state index contributed by atoms with van der Waals surface area (Å²) in [7, 11) is 1.75. The zero-order valence-corrected chi connectivity index (χ0v) is 19.5. The number of likely N-dealkylation sites (N-methyl/N-ethyl adjacent to an activating group) is 1. The molecule has 2 N–H and O–H groups in total. The Bertz CT molecular complexity index is 1200. The number of nitriles is 1. The van der Waals surface area contributed by atoms with Gasteiger partial charge in [0.05, 0.1) is 12.1 Å². The molecule has 1 fully saturated rings. The van der Waals surface area contributed by atoms with E-state index in [0.29, 0.717) is 18.1 Å². The van der Waals surface area contributed by atoms with Gasteiger partial charge in [0.1, 0.15) is 11.9 Å². The van der Waals surface area contributed by atoms with E-state index in [1.807, 2.05) is 55.7 Å². The molecule has 3 heterocycles. The number of hydrogen-bond donors (Lipinski definition) is 1.